The van der Waals surface area contributed by atoms with Crippen molar-refractivity contribution in [1.82, 2.24) is 32.9 Å². The first-order valence-electron chi connectivity index (χ1n) is 19.6. The average Bonchev–Trinajstić information content (AvgIpc) is 4.13. The molecule has 10 heteroatoms. The van der Waals surface area contributed by atoms with Crippen molar-refractivity contribution in [2.24, 2.45) is 0 Å². The van der Waals surface area contributed by atoms with E-state index in [0.29, 0.717) is 0 Å². The summed E-state index contributed by atoms with van der Waals surface area (Å²) >= 11 is 3.58. The van der Waals surface area contributed by atoms with Gasteiger partial charge in [0, 0.05) is 21.8 Å². The second-order valence-corrected chi connectivity index (χ2v) is 16.4. The lowest BCUT2D eigenvalue weighted by Gasteiger charge is -2.12. The zero-order valence-corrected chi connectivity index (χ0v) is 33.2. The zero-order chi connectivity index (χ0) is 38.5. The number of benzene rings is 7. The van der Waals surface area contributed by atoms with Crippen molar-refractivity contribution < 1.29 is 0 Å². The van der Waals surface area contributed by atoms with E-state index in [1.807, 2.05) is 37.7 Å². The van der Waals surface area contributed by atoms with Crippen molar-refractivity contribution in [1.29, 1.82) is 0 Å². The minimum Gasteiger partial charge on any atom is -0.368 e. The maximum atomic E-state index is 5.13. The van der Waals surface area contributed by atoms with Gasteiger partial charge >= 0.3 is 0 Å². The van der Waals surface area contributed by atoms with Gasteiger partial charge in [-0.3, -0.25) is 17.9 Å². The van der Waals surface area contributed by atoms with Crippen molar-refractivity contribution >= 4 is 94.7 Å². The number of thiazole rings is 1. The van der Waals surface area contributed by atoms with Crippen molar-refractivity contribution in [3.05, 3.63) is 163 Å². The molecule has 1 atom stereocenters. The van der Waals surface area contributed by atoms with E-state index in [0.717, 1.165) is 88.8 Å². The third kappa shape index (κ3) is 4.85. The predicted octanol–water partition coefficient (Wildman–Crippen LogP) is 12.7. The molecule has 7 aromatic carbocycles. The Hall–Kier alpha value is -6.88. The van der Waals surface area contributed by atoms with Crippen LogP contribution in [0.3, 0.4) is 0 Å². The van der Waals surface area contributed by atoms with Crippen molar-refractivity contribution in [3.63, 3.8) is 0 Å². The van der Waals surface area contributed by atoms with Crippen LogP contribution in [0.25, 0.3) is 87.9 Å². The molecule has 0 saturated heterocycles. The van der Waals surface area contributed by atoms with Crippen LogP contribution in [0.2, 0.25) is 0 Å². The number of hydrogen-bond donors (Lipinski definition) is 1. The van der Waals surface area contributed by atoms with Crippen LogP contribution in [0.15, 0.2) is 163 Å². The summed E-state index contributed by atoms with van der Waals surface area (Å²) in [6.45, 7) is 4.00. The summed E-state index contributed by atoms with van der Waals surface area (Å²) in [5, 5.41) is 4.92. The number of aromatic nitrogens is 7. The summed E-state index contributed by atoms with van der Waals surface area (Å²) in [5.74, 6) is 1.83. The lowest BCUT2D eigenvalue weighted by molar-refractivity contribution is 1.09. The Kier molecular flexibility index (Phi) is 7.36. The van der Waals surface area contributed by atoms with Crippen molar-refractivity contribution in [3.8, 4) is 21.9 Å². The van der Waals surface area contributed by atoms with Crippen LogP contribution < -0.4 is 5.32 Å². The first-order valence-corrected chi connectivity index (χ1v) is 21.3. The predicted molar refractivity (Wildman–Crippen MR) is 241 cm³/mol. The standard InChI is InChI=1S/C46H28N8S2.C2H6/c1-3-11-35-31(9-1)49-45-51(37-13-5-7-15-39(37)53(35)45)29-21-17-27(18-22-29)43-47-33-25-42-34(26-41(33)55-43)48-44(56-42)28-19-23-30(24-20-28)52-38-14-6-8-16-40(38)54-36-12-4-2-10-32(36)50-46(52)54;1-2/h1-26,43,47H;1-2H3. The van der Waals surface area contributed by atoms with Crippen molar-refractivity contribution in [2.75, 3.05) is 5.32 Å². The minimum atomic E-state index is 0.113. The van der Waals surface area contributed by atoms with E-state index in [4.69, 9.17) is 15.0 Å². The van der Waals surface area contributed by atoms with Gasteiger partial charge in [0.05, 0.1) is 60.0 Å². The molecule has 58 heavy (non-hydrogen) atoms. The third-order valence-corrected chi connectivity index (χ3v) is 13.3. The Labute approximate surface area is 340 Å². The van der Waals surface area contributed by atoms with E-state index in [2.05, 4.69) is 169 Å². The molecule has 0 saturated carbocycles. The van der Waals surface area contributed by atoms with Crippen LogP contribution >= 0.6 is 23.1 Å². The van der Waals surface area contributed by atoms with Crippen LogP contribution in [0.5, 0.6) is 0 Å². The summed E-state index contributed by atoms with van der Waals surface area (Å²) in [6, 6.07) is 55.8. The number of fused-ring (bicyclic) bond motifs is 12. The second-order valence-electron chi connectivity index (χ2n) is 14.2. The summed E-state index contributed by atoms with van der Waals surface area (Å²) < 4.78 is 10.2. The Bertz CT molecular complexity index is 3510. The lowest BCUT2D eigenvalue weighted by Crippen LogP contribution is -2.02. The monoisotopic (exact) mass is 786 g/mol. The van der Waals surface area contributed by atoms with Gasteiger partial charge in [-0.1, -0.05) is 86.3 Å². The fraction of sp³-hybridized carbons (Fsp3) is 0.0625. The molecule has 8 nitrogen and oxygen atoms in total. The molecule has 0 bridgehead atoms. The number of nitrogens with one attached hydrogen (secondary N) is 1. The van der Waals surface area contributed by atoms with Crippen LogP contribution in [0.1, 0.15) is 24.8 Å². The zero-order valence-electron chi connectivity index (χ0n) is 31.5. The topological polar surface area (TPSA) is 69.4 Å². The molecule has 12 aromatic rings. The van der Waals surface area contributed by atoms with E-state index < -0.39 is 0 Å². The highest BCUT2D eigenvalue weighted by molar-refractivity contribution is 8.00. The van der Waals surface area contributed by atoms with Gasteiger partial charge in [0.15, 0.2) is 0 Å². The molecule has 6 heterocycles. The van der Waals surface area contributed by atoms with Crippen LogP contribution in [0.4, 0.5) is 5.69 Å². The molecule has 0 fully saturated rings. The summed E-state index contributed by atoms with van der Waals surface area (Å²) in [5.41, 5.74) is 15.4. The molecular weight excluding hydrogens is 753 g/mol. The van der Waals surface area contributed by atoms with Gasteiger partial charge in [-0.05, 0) is 103 Å². The Morgan fingerprint density at radius 2 is 1.00 bits per heavy atom. The van der Waals surface area contributed by atoms with Gasteiger partial charge < -0.3 is 5.32 Å². The van der Waals surface area contributed by atoms with E-state index in [1.54, 1.807) is 11.3 Å². The molecule has 1 N–H and O–H groups in total. The summed E-state index contributed by atoms with van der Waals surface area (Å²) in [7, 11) is 0. The molecule has 278 valence electrons. The average molecular weight is 787 g/mol. The second kappa shape index (κ2) is 12.8. The number of imidazole rings is 4. The van der Waals surface area contributed by atoms with Gasteiger partial charge in [0.2, 0.25) is 11.6 Å². The Morgan fingerprint density at radius 1 is 0.500 bits per heavy atom. The molecule has 5 aromatic heterocycles. The molecule has 1 aliphatic rings. The first kappa shape index (κ1) is 33.3. The fourth-order valence-electron chi connectivity index (χ4n) is 8.50. The van der Waals surface area contributed by atoms with Crippen molar-refractivity contribution in [2.45, 2.75) is 24.1 Å². The maximum absolute atomic E-state index is 5.13. The largest absolute Gasteiger partial charge is 0.368 e. The molecule has 1 unspecified atom stereocenters. The summed E-state index contributed by atoms with van der Waals surface area (Å²) in [6.07, 6.45) is 0. The van der Waals surface area contributed by atoms with Gasteiger partial charge in [-0.25, -0.2) is 15.0 Å². The van der Waals surface area contributed by atoms with Crippen LogP contribution in [-0.4, -0.2) is 32.9 Å². The number of nitrogens with zero attached hydrogens (tertiary/aromatic N) is 7. The normalized spacial score (nSPS) is 13.9. The van der Waals surface area contributed by atoms with Gasteiger partial charge in [0.1, 0.15) is 10.4 Å². The lowest BCUT2D eigenvalue weighted by atomic mass is 10.2. The number of thioether (sulfide) groups is 1. The van der Waals surface area contributed by atoms with E-state index >= 15 is 0 Å². The van der Waals surface area contributed by atoms with Crippen LogP contribution in [-0.2, 0) is 0 Å². The van der Waals surface area contributed by atoms with E-state index in [-0.39, 0.29) is 5.37 Å². The van der Waals surface area contributed by atoms with Gasteiger partial charge in [-0.15, -0.1) is 11.3 Å². The minimum absolute atomic E-state index is 0.113. The number of rotatable bonds is 4. The highest BCUT2D eigenvalue weighted by atomic mass is 32.2. The highest BCUT2D eigenvalue weighted by Gasteiger charge is 2.25. The number of para-hydroxylation sites is 8. The molecule has 0 aliphatic carbocycles. The molecular formula is C48H34N8S2. The molecule has 0 spiro atoms. The fourth-order valence-corrected chi connectivity index (χ4v) is 10.6. The van der Waals surface area contributed by atoms with E-state index in [9.17, 15) is 0 Å². The molecule has 0 amide bonds. The SMILES string of the molecule is CC.c1ccc2c(c1)nc1n(-c3ccc(-c4nc5cc6c(cc5s4)NC(c4ccc(-n5c7ccccc7n7c8ccccc8nc57)cc4)S6)cc3)c3ccccc3n21. The molecule has 1 aliphatic heterocycles. The molecule has 0 radical (unpaired) electrons. The highest BCUT2D eigenvalue weighted by Crippen LogP contribution is 2.49. The van der Waals surface area contributed by atoms with Gasteiger partial charge in [-0.2, -0.15) is 0 Å². The summed E-state index contributed by atoms with van der Waals surface area (Å²) in [4.78, 5) is 16.4. The Balaban J connectivity index is 0.00000181. The maximum Gasteiger partial charge on any atom is 0.220 e. The first-order chi connectivity index (χ1) is 28.7. The number of hydrogen-bond acceptors (Lipinski definition) is 6. The van der Waals surface area contributed by atoms with Crippen LogP contribution in [0, 0.1) is 0 Å². The molecule has 13 rings (SSSR count). The third-order valence-electron chi connectivity index (χ3n) is 11.1. The quantitative estimate of drug-likeness (QED) is 0.192. The number of anilines is 1. The van der Waals surface area contributed by atoms with Gasteiger partial charge in [0.25, 0.3) is 0 Å². The van der Waals surface area contributed by atoms with E-state index in [1.165, 1.54) is 15.2 Å². The Morgan fingerprint density at radius 3 is 1.57 bits per heavy atom. The smallest absolute Gasteiger partial charge is 0.220 e.